The third-order valence-corrected chi connectivity index (χ3v) is 20.7. The molecule has 10 aliphatic carbocycles. The van der Waals surface area contributed by atoms with E-state index in [9.17, 15) is 0 Å². The van der Waals surface area contributed by atoms with Crippen LogP contribution in [0.5, 0.6) is 0 Å². The molecule has 0 bridgehead atoms. The zero-order valence-corrected chi connectivity index (χ0v) is 35.9. The van der Waals surface area contributed by atoms with Crippen LogP contribution in [0.15, 0.2) is 0 Å². The summed E-state index contributed by atoms with van der Waals surface area (Å²) in [6.45, 7) is 5.26. The van der Waals surface area contributed by atoms with Crippen LogP contribution in [-0.2, 0) is 0 Å². The number of hydrogen-bond donors (Lipinski definition) is 0. The van der Waals surface area contributed by atoms with Gasteiger partial charge in [0, 0.05) is 36.3 Å². The molecule has 306 valence electrons. The van der Waals surface area contributed by atoms with Gasteiger partial charge in [0.2, 0.25) is 0 Å². The molecule has 16 atom stereocenters. The van der Waals surface area contributed by atoms with Crippen molar-refractivity contribution in [1.82, 2.24) is 9.80 Å². The highest BCUT2D eigenvalue weighted by molar-refractivity contribution is 5.12. The minimum Gasteiger partial charge on any atom is -0.294 e. The molecule has 0 aliphatic heterocycles. The lowest BCUT2D eigenvalue weighted by Crippen LogP contribution is -2.69. The summed E-state index contributed by atoms with van der Waals surface area (Å²) in [7, 11) is 0. The first-order valence-electron chi connectivity index (χ1n) is 26.2. The largest absolute Gasteiger partial charge is 0.294 e. The molecule has 0 aromatic heterocycles. The standard InChI is InChI=1S/C52H88N2/c1-35-25-28-42(29-26-35)54(50-24-12-19-38-15-5-8-21-45(38)50)52-47-23-10-7-18-41(47)33-48-49(52)34-40-17-6-9-22-46(40)51(48)53(43-20-11-13-36(2)31-43)44-30-27-37-14-3-4-16-39(37)32-44/h35-52H,3-34H2,1-2H3. The maximum Gasteiger partial charge on any atom is 0.0164 e. The molecule has 10 fully saturated rings. The van der Waals surface area contributed by atoms with Gasteiger partial charge in [0.1, 0.15) is 0 Å². The van der Waals surface area contributed by atoms with Crippen molar-refractivity contribution in [2.24, 2.45) is 71.0 Å². The Morgan fingerprint density at radius 1 is 0.278 bits per heavy atom. The van der Waals surface area contributed by atoms with E-state index < -0.39 is 0 Å². The first-order valence-corrected chi connectivity index (χ1v) is 26.2. The molecule has 0 aromatic rings. The number of hydrogen-bond acceptors (Lipinski definition) is 2. The summed E-state index contributed by atoms with van der Waals surface area (Å²) >= 11 is 0. The fourth-order valence-corrected chi connectivity index (χ4v) is 18.4. The fraction of sp³-hybridized carbons (Fsp3) is 1.00. The smallest absolute Gasteiger partial charge is 0.0164 e. The van der Waals surface area contributed by atoms with Crippen molar-refractivity contribution >= 4 is 0 Å². The number of fused-ring (bicyclic) bond motifs is 5. The number of nitrogens with zero attached hydrogens (tertiary/aromatic N) is 2. The molecular formula is C52H88N2. The first-order chi connectivity index (χ1) is 26.6. The third-order valence-electron chi connectivity index (χ3n) is 20.7. The van der Waals surface area contributed by atoms with Crippen molar-refractivity contribution in [3.8, 4) is 0 Å². The second-order valence-electron chi connectivity index (χ2n) is 23.4. The van der Waals surface area contributed by atoms with Crippen molar-refractivity contribution in [2.45, 2.75) is 256 Å². The van der Waals surface area contributed by atoms with Crippen LogP contribution in [0.1, 0.15) is 219 Å². The van der Waals surface area contributed by atoms with Crippen LogP contribution in [0, 0.1) is 71.0 Å². The molecule has 0 heterocycles. The van der Waals surface area contributed by atoms with E-state index in [1.54, 1.807) is 135 Å². The molecule has 16 unspecified atom stereocenters. The van der Waals surface area contributed by atoms with E-state index in [1.165, 1.54) is 70.6 Å². The van der Waals surface area contributed by atoms with Crippen LogP contribution in [0.2, 0.25) is 0 Å². The lowest BCUT2D eigenvalue weighted by molar-refractivity contribution is -0.163. The molecule has 10 saturated carbocycles. The summed E-state index contributed by atoms with van der Waals surface area (Å²) in [5.41, 5.74) is 0. The van der Waals surface area contributed by atoms with Gasteiger partial charge in [-0.25, -0.2) is 0 Å². The second kappa shape index (κ2) is 16.9. The maximum atomic E-state index is 3.61. The molecule has 2 heteroatoms. The molecule has 2 nitrogen and oxygen atoms in total. The van der Waals surface area contributed by atoms with E-state index in [0.717, 1.165) is 107 Å². The molecule has 0 aromatic carbocycles. The van der Waals surface area contributed by atoms with E-state index >= 15 is 0 Å². The van der Waals surface area contributed by atoms with Gasteiger partial charge in [0.05, 0.1) is 0 Å². The monoisotopic (exact) mass is 741 g/mol. The van der Waals surface area contributed by atoms with Crippen molar-refractivity contribution in [1.29, 1.82) is 0 Å². The van der Waals surface area contributed by atoms with E-state index in [1.807, 2.05) is 0 Å². The van der Waals surface area contributed by atoms with Gasteiger partial charge in [-0.05, 0) is 167 Å². The predicted molar refractivity (Wildman–Crippen MR) is 227 cm³/mol. The molecule has 10 rings (SSSR count). The van der Waals surface area contributed by atoms with Gasteiger partial charge in [-0.15, -0.1) is 0 Å². The van der Waals surface area contributed by atoms with E-state index in [4.69, 9.17) is 0 Å². The highest BCUT2D eigenvalue weighted by Crippen LogP contribution is 2.61. The average molecular weight is 741 g/mol. The van der Waals surface area contributed by atoms with Crippen LogP contribution in [0.3, 0.4) is 0 Å². The fourth-order valence-electron chi connectivity index (χ4n) is 18.4. The Bertz CT molecular complexity index is 1200. The molecule has 0 spiro atoms. The summed E-state index contributed by atoms with van der Waals surface area (Å²) in [6.07, 6.45) is 49.9. The molecule has 0 radical (unpaired) electrons. The van der Waals surface area contributed by atoms with Gasteiger partial charge in [-0.2, -0.15) is 0 Å². The van der Waals surface area contributed by atoms with Crippen molar-refractivity contribution in [3.05, 3.63) is 0 Å². The Morgan fingerprint density at radius 3 is 1.48 bits per heavy atom. The molecule has 0 N–H and O–H groups in total. The topological polar surface area (TPSA) is 6.48 Å². The highest BCUT2D eigenvalue weighted by atomic mass is 15.3. The van der Waals surface area contributed by atoms with Crippen molar-refractivity contribution in [3.63, 3.8) is 0 Å². The quantitative estimate of drug-likeness (QED) is 0.268. The van der Waals surface area contributed by atoms with Crippen LogP contribution < -0.4 is 0 Å². The predicted octanol–water partition coefficient (Wildman–Crippen LogP) is 13.9. The zero-order chi connectivity index (χ0) is 36.2. The molecule has 10 aliphatic rings. The van der Waals surface area contributed by atoms with Gasteiger partial charge >= 0.3 is 0 Å². The summed E-state index contributed by atoms with van der Waals surface area (Å²) in [6, 6.07) is 5.47. The average Bonchev–Trinajstić information content (AvgIpc) is 3.21. The first kappa shape index (κ1) is 38.1. The Labute approximate surface area is 335 Å². The minimum absolute atomic E-state index is 0.894. The van der Waals surface area contributed by atoms with E-state index in [0.29, 0.717) is 0 Å². The van der Waals surface area contributed by atoms with Crippen LogP contribution in [0.4, 0.5) is 0 Å². The summed E-state index contributed by atoms with van der Waals surface area (Å²) in [5, 5.41) is 0. The lowest BCUT2D eigenvalue weighted by atomic mass is 9.49. The molecule has 0 amide bonds. The summed E-state index contributed by atoms with van der Waals surface area (Å²) in [4.78, 5) is 7.18. The Balaban J connectivity index is 1.06. The van der Waals surface area contributed by atoms with E-state index in [2.05, 4.69) is 23.6 Å². The van der Waals surface area contributed by atoms with Gasteiger partial charge in [0.25, 0.3) is 0 Å². The van der Waals surface area contributed by atoms with Crippen molar-refractivity contribution in [2.75, 3.05) is 0 Å². The van der Waals surface area contributed by atoms with E-state index in [-0.39, 0.29) is 0 Å². The number of rotatable bonds is 6. The summed E-state index contributed by atoms with van der Waals surface area (Å²) in [5.74, 6) is 12.2. The molecule has 54 heavy (non-hydrogen) atoms. The Morgan fingerprint density at radius 2 is 0.796 bits per heavy atom. The normalized spacial score (nSPS) is 51.3. The van der Waals surface area contributed by atoms with Gasteiger partial charge in [-0.3, -0.25) is 9.80 Å². The molecule has 0 saturated heterocycles. The van der Waals surface area contributed by atoms with Crippen LogP contribution in [-0.4, -0.2) is 46.1 Å². The zero-order valence-electron chi connectivity index (χ0n) is 35.9. The SMILES string of the molecule is CC1CCC(N(C2CCCC3CCCCC32)C2C3CCCCC3CC3C2CC2CCCCC2C3N(C2CCCC(C)C2)C2CCC3CCCCC3C2)CC1. The van der Waals surface area contributed by atoms with Crippen LogP contribution in [0.25, 0.3) is 0 Å². The molecular weight excluding hydrogens is 653 g/mol. The Kier molecular flexibility index (Phi) is 11.9. The third kappa shape index (κ3) is 7.40. The highest BCUT2D eigenvalue weighted by Gasteiger charge is 2.59. The van der Waals surface area contributed by atoms with Gasteiger partial charge in [0.15, 0.2) is 0 Å². The summed E-state index contributed by atoms with van der Waals surface area (Å²) < 4.78 is 0. The minimum atomic E-state index is 0.894. The maximum absolute atomic E-state index is 3.61. The van der Waals surface area contributed by atoms with Gasteiger partial charge < -0.3 is 0 Å². The second-order valence-corrected chi connectivity index (χ2v) is 23.4. The van der Waals surface area contributed by atoms with Gasteiger partial charge in [-0.1, -0.05) is 123 Å². The lowest BCUT2D eigenvalue weighted by Gasteiger charge is -2.66. The Hall–Kier alpha value is -0.0800. The van der Waals surface area contributed by atoms with Crippen molar-refractivity contribution < 1.29 is 0 Å². The van der Waals surface area contributed by atoms with Crippen LogP contribution >= 0.6 is 0 Å².